The number of carbonyl (C=O) groups excluding carboxylic acids is 1. The van der Waals surface area contributed by atoms with Crippen LogP contribution in [0.5, 0.6) is 0 Å². The number of carboxylic acid groups (broad SMARTS) is 1. The number of ether oxygens (including phenoxy) is 8. The molecule has 0 amide bonds. The third kappa shape index (κ3) is 9.72. The first-order valence-electron chi connectivity index (χ1n) is 27.8. The van der Waals surface area contributed by atoms with Crippen LogP contribution in [0, 0.1) is 50.2 Å². The number of carboxylic acids is 1. The highest BCUT2D eigenvalue weighted by atomic mass is 16.8. The smallest absolute Gasteiger partial charge is 0.335 e. The summed E-state index contributed by atoms with van der Waals surface area (Å²) < 4.78 is 48.2. The average Bonchev–Trinajstić information content (AvgIpc) is 3.56. The maximum absolute atomic E-state index is 14.8. The number of fused-ring (bicyclic) bond motifs is 7. The minimum atomic E-state index is -2.16. The molecule has 14 N–H and O–H groups in total. The number of carbonyl (C=O) groups is 2. The van der Waals surface area contributed by atoms with Crippen LogP contribution in [0.15, 0.2) is 11.6 Å². The molecule has 4 heterocycles. The van der Waals surface area contributed by atoms with Crippen LogP contribution >= 0.6 is 0 Å². The van der Waals surface area contributed by atoms with Gasteiger partial charge in [0.1, 0.15) is 91.6 Å². The highest BCUT2D eigenvalue weighted by Crippen LogP contribution is 2.76. The molecule has 78 heavy (non-hydrogen) atoms. The number of rotatable bonds is 12. The Morgan fingerprint density at radius 2 is 1.06 bits per heavy atom. The van der Waals surface area contributed by atoms with Crippen molar-refractivity contribution in [2.75, 3.05) is 19.8 Å². The van der Waals surface area contributed by atoms with Crippen molar-refractivity contribution < 1.29 is 119 Å². The van der Waals surface area contributed by atoms with Crippen LogP contribution in [-0.4, -0.2) is 232 Å². The minimum absolute atomic E-state index is 0.0272. The molecule has 4 saturated heterocycles. The lowest BCUT2D eigenvalue weighted by Gasteiger charge is -2.71. The molecule has 4 aliphatic heterocycles. The number of allylic oxidation sites excluding steroid dienone is 2. The highest BCUT2D eigenvalue weighted by Gasteiger charge is 2.70. The Hall–Kier alpha value is -2.12. The van der Waals surface area contributed by atoms with Crippen molar-refractivity contribution >= 4 is 11.9 Å². The summed E-state index contributed by atoms with van der Waals surface area (Å²) in [6.45, 7) is 13.2. The summed E-state index contributed by atoms with van der Waals surface area (Å²) in [7, 11) is 0. The molecule has 0 radical (unpaired) electrons. The first-order chi connectivity index (χ1) is 36.5. The van der Waals surface area contributed by atoms with E-state index in [0.29, 0.717) is 44.9 Å². The van der Waals surface area contributed by atoms with Crippen molar-refractivity contribution in [1.29, 1.82) is 0 Å². The van der Waals surface area contributed by atoms with Gasteiger partial charge >= 0.3 is 11.9 Å². The lowest BCUT2D eigenvalue weighted by atomic mass is 9.33. The van der Waals surface area contributed by atoms with E-state index in [1.807, 2.05) is 0 Å². The van der Waals surface area contributed by atoms with E-state index in [1.54, 1.807) is 0 Å². The number of esters is 1. The number of aliphatic hydroxyl groups is 13. The van der Waals surface area contributed by atoms with Gasteiger partial charge in [0.15, 0.2) is 25.0 Å². The lowest BCUT2D eigenvalue weighted by molar-refractivity contribution is -0.396. The summed E-state index contributed by atoms with van der Waals surface area (Å²) in [5.74, 6) is -2.33. The zero-order valence-corrected chi connectivity index (χ0v) is 45.5. The topological polar surface area (TPSA) is 391 Å². The van der Waals surface area contributed by atoms with Crippen molar-refractivity contribution in [2.45, 2.75) is 242 Å². The second-order valence-electron chi connectivity index (χ2n) is 26.3. The molecule has 9 aliphatic rings. The molecule has 0 aromatic rings. The molecule has 9 rings (SSSR count). The van der Waals surface area contributed by atoms with Gasteiger partial charge < -0.3 is 109 Å². The maximum atomic E-state index is 14.8. The van der Waals surface area contributed by atoms with Gasteiger partial charge in [-0.15, -0.1) is 0 Å². The standard InChI is InChI=1S/C54H86O24/c1-49(2)14-16-54(48(70)78-46-38(66)35(63)32(60)26(21-57)73-46)17-15-52(6)22(23(54)18-49)8-9-28-51(5)12-11-29(50(3,4)27(51)10-13-53(28,52)7)74-47-42(77-45-37(65)34(62)31(59)25(20-56)72-45)40(39(67)41(76-47)43(68)69)75-44-36(64)33(61)30(58)24(19-55)71-44/h8,23-42,44-47,55-67H,9-21H2,1-7H3,(H,68,69)/t23-,24+,25+,26+,27?,28+,29-,30-,31-,32+,33-,34-,35-,36+,37+,38+,39-,40-,41-,42+,44-,45-,46-,47+,51-,52+,53+,54-/m0/s1. The second-order valence-corrected chi connectivity index (χ2v) is 26.3. The van der Waals surface area contributed by atoms with Gasteiger partial charge in [-0.3, -0.25) is 4.79 Å². The molecule has 28 atom stereocenters. The predicted molar refractivity (Wildman–Crippen MR) is 263 cm³/mol. The van der Waals surface area contributed by atoms with E-state index in [9.17, 15) is 81.1 Å². The Bertz CT molecular complexity index is 2190. The molecule has 24 heteroatoms. The fraction of sp³-hybridized carbons (Fsp3) is 0.926. The molecule has 1 unspecified atom stereocenters. The van der Waals surface area contributed by atoms with Gasteiger partial charge in [-0.25, -0.2) is 4.79 Å². The predicted octanol–water partition coefficient (Wildman–Crippen LogP) is -1.94. The Balaban J connectivity index is 1.00. The average molecular weight is 1120 g/mol. The SMILES string of the molecule is CC1(C)CC[C@]2(C(=O)O[C@@H]3O[C@H](CO)[C@@H](O)[C@H](O)[C@H]3O)CC[C@]3(C)C(=CC[C@@H]4[C@@]5(C)CC[C@H](O[C@@H]6O[C@H](C(=O)O)[C@@H](O)[C@H](O[C@@H]7O[C@H](CO)[C@H](O)[C@H](O)[C@H]7O)[C@H]6O[C@@H]6O[C@H](CO)[C@H](O)[C@H](O)[C@H]6O)C(C)(C)C5CC[C@]43C)[C@@H]2C1. The van der Waals surface area contributed by atoms with Crippen LogP contribution in [0.25, 0.3) is 0 Å². The largest absolute Gasteiger partial charge is 0.479 e. The van der Waals surface area contributed by atoms with Gasteiger partial charge in [0.25, 0.3) is 0 Å². The number of aliphatic carboxylic acids is 1. The molecular formula is C54H86O24. The summed E-state index contributed by atoms with van der Waals surface area (Å²) in [6.07, 6.45) is -28.0. The van der Waals surface area contributed by atoms with E-state index in [4.69, 9.17) is 37.9 Å². The van der Waals surface area contributed by atoms with Crippen LogP contribution < -0.4 is 0 Å². The minimum Gasteiger partial charge on any atom is -0.479 e. The van der Waals surface area contributed by atoms with Gasteiger partial charge in [-0.1, -0.05) is 60.1 Å². The molecule has 0 spiro atoms. The van der Waals surface area contributed by atoms with Gasteiger partial charge in [-0.05, 0) is 109 Å². The molecule has 0 bridgehead atoms. The van der Waals surface area contributed by atoms with Crippen LogP contribution in [0.2, 0.25) is 0 Å². The van der Waals surface area contributed by atoms with E-state index < -0.39 is 172 Å². The molecule has 24 nitrogen and oxygen atoms in total. The van der Waals surface area contributed by atoms with Crippen LogP contribution in [0.3, 0.4) is 0 Å². The van der Waals surface area contributed by atoms with Crippen molar-refractivity contribution in [3.05, 3.63) is 11.6 Å². The zero-order chi connectivity index (χ0) is 57.1. The number of hydrogen-bond acceptors (Lipinski definition) is 23. The van der Waals surface area contributed by atoms with Gasteiger partial charge in [0.05, 0.1) is 31.3 Å². The molecular weight excluding hydrogens is 1030 g/mol. The molecule has 0 aromatic carbocycles. The third-order valence-electron chi connectivity index (χ3n) is 21.4. The summed E-state index contributed by atoms with van der Waals surface area (Å²) >= 11 is 0. The van der Waals surface area contributed by atoms with Crippen LogP contribution in [0.1, 0.15) is 113 Å². The Labute approximate surface area is 453 Å². The Kier molecular flexibility index (Phi) is 16.9. The molecule has 5 aliphatic carbocycles. The van der Waals surface area contributed by atoms with Crippen molar-refractivity contribution in [1.82, 2.24) is 0 Å². The third-order valence-corrected chi connectivity index (χ3v) is 21.4. The van der Waals surface area contributed by atoms with Gasteiger partial charge in [0, 0.05) is 0 Å². The van der Waals surface area contributed by atoms with Crippen LogP contribution in [-0.2, 0) is 47.5 Å². The van der Waals surface area contributed by atoms with Crippen LogP contribution in [0.4, 0.5) is 0 Å². The number of hydrogen-bond donors (Lipinski definition) is 14. The summed E-state index contributed by atoms with van der Waals surface area (Å²) in [6, 6.07) is 0. The fourth-order valence-electron chi connectivity index (χ4n) is 16.5. The van der Waals surface area contributed by atoms with Crippen molar-refractivity contribution in [3.8, 4) is 0 Å². The van der Waals surface area contributed by atoms with E-state index in [-0.39, 0.29) is 39.4 Å². The first-order valence-corrected chi connectivity index (χ1v) is 27.8. The molecule has 4 saturated carbocycles. The van der Waals surface area contributed by atoms with Crippen molar-refractivity contribution in [3.63, 3.8) is 0 Å². The molecule has 446 valence electrons. The fourth-order valence-corrected chi connectivity index (χ4v) is 16.5. The van der Waals surface area contributed by atoms with E-state index in [0.717, 1.165) is 19.3 Å². The van der Waals surface area contributed by atoms with E-state index in [2.05, 4.69) is 54.5 Å². The normalized spacial score (nSPS) is 52.8. The Morgan fingerprint density at radius 3 is 1.60 bits per heavy atom. The first kappa shape index (κ1) is 60.5. The second kappa shape index (κ2) is 21.8. The summed E-state index contributed by atoms with van der Waals surface area (Å²) in [5.41, 5.74) is -1.57. The van der Waals surface area contributed by atoms with Gasteiger partial charge in [-0.2, -0.15) is 0 Å². The summed E-state index contributed by atoms with van der Waals surface area (Å²) in [4.78, 5) is 27.7. The monoisotopic (exact) mass is 1120 g/mol. The van der Waals surface area contributed by atoms with E-state index >= 15 is 0 Å². The quantitative estimate of drug-likeness (QED) is 0.0574. The molecule has 8 fully saturated rings. The van der Waals surface area contributed by atoms with Gasteiger partial charge in [0.2, 0.25) is 6.29 Å². The lowest BCUT2D eigenvalue weighted by Crippen LogP contribution is -2.68. The maximum Gasteiger partial charge on any atom is 0.335 e. The zero-order valence-electron chi connectivity index (χ0n) is 45.5. The van der Waals surface area contributed by atoms with Crippen molar-refractivity contribution in [2.24, 2.45) is 50.2 Å². The van der Waals surface area contributed by atoms with E-state index in [1.165, 1.54) is 5.57 Å². The highest BCUT2D eigenvalue weighted by molar-refractivity contribution is 5.79. The Morgan fingerprint density at radius 1 is 0.551 bits per heavy atom. The summed E-state index contributed by atoms with van der Waals surface area (Å²) in [5, 5.41) is 149. The number of aliphatic hydroxyl groups excluding tert-OH is 13. The molecule has 0 aromatic heterocycles.